The molecule has 1 aromatic heterocycles. The third-order valence-corrected chi connectivity index (χ3v) is 2.97. The standard InChI is InChI=1S/C16H11N3O3/c20-14-11-19(16-17-9-10-22-16)15(21)13(18-14)8-4-7-12-5-2-1-3-6-12/h1-3,5-6,9-10H,7,11H2. The first-order valence-electron chi connectivity index (χ1n) is 6.60. The predicted octanol–water partition coefficient (Wildman–Crippen LogP) is 1.23. The number of hydrogen-bond donors (Lipinski definition) is 0. The number of amides is 2. The molecule has 108 valence electrons. The summed E-state index contributed by atoms with van der Waals surface area (Å²) in [6, 6.07) is 9.67. The van der Waals surface area contributed by atoms with Crippen LogP contribution in [0.4, 0.5) is 6.01 Å². The molecule has 0 radical (unpaired) electrons. The lowest BCUT2D eigenvalue weighted by Gasteiger charge is -2.19. The van der Waals surface area contributed by atoms with Crippen LogP contribution in [0.1, 0.15) is 5.56 Å². The largest absolute Gasteiger partial charge is 0.432 e. The Labute approximate surface area is 126 Å². The van der Waals surface area contributed by atoms with Gasteiger partial charge in [0.1, 0.15) is 12.8 Å². The second kappa shape index (κ2) is 6.06. The van der Waals surface area contributed by atoms with Crippen molar-refractivity contribution in [2.45, 2.75) is 6.42 Å². The fourth-order valence-corrected chi connectivity index (χ4v) is 1.95. The van der Waals surface area contributed by atoms with Crippen LogP contribution in [0.3, 0.4) is 0 Å². The molecule has 1 aliphatic rings. The van der Waals surface area contributed by atoms with Crippen molar-refractivity contribution in [3.8, 4) is 11.8 Å². The maximum atomic E-state index is 12.3. The van der Waals surface area contributed by atoms with Crippen molar-refractivity contribution in [3.05, 3.63) is 48.4 Å². The molecule has 1 aromatic carbocycles. The molecule has 0 bridgehead atoms. The molecule has 6 heteroatoms. The first kappa shape index (κ1) is 13.8. The highest BCUT2D eigenvalue weighted by Gasteiger charge is 2.30. The van der Waals surface area contributed by atoms with Crippen LogP contribution >= 0.6 is 0 Å². The number of benzene rings is 1. The number of rotatable bonds is 2. The van der Waals surface area contributed by atoms with E-state index in [-0.39, 0.29) is 18.3 Å². The number of carbonyl (C=O) groups excluding carboxylic acids is 2. The number of nitrogens with zero attached hydrogens (tertiary/aromatic N) is 3. The van der Waals surface area contributed by atoms with E-state index < -0.39 is 11.8 Å². The minimum absolute atomic E-state index is 0.0654. The summed E-state index contributed by atoms with van der Waals surface area (Å²) in [5, 5.41) is 0. The van der Waals surface area contributed by atoms with Gasteiger partial charge in [0.05, 0.1) is 6.20 Å². The van der Waals surface area contributed by atoms with Crippen LogP contribution in [0.15, 0.2) is 52.2 Å². The van der Waals surface area contributed by atoms with Crippen LogP contribution in [0.25, 0.3) is 0 Å². The third kappa shape index (κ3) is 2.94. The summed E-state index contributed by atoms with van der Waals surface area (Å²) in [6.07, 6.45) is 3.21. The highest BCUT2D eigenvalue weighted by atomic mass is 16.4. The number of carbonyl (C=O) groups is 2. The molecule has 0 unspecified atom stereocenters. The predicted molar refractivity (Wildman–Crippen MR) is 79.2 cm³/mol. The second-order valence-corrected chi connectivity index (χ2v) is 4.52. The molecule has 0 aliphatic carbocycles. The Morgan fingerprint density at radius 2 is 2.05 bits per heavy atom. The van der Waals surface area contributed by atoms with Crippen molar-refractivity contribution in [1.82, 2.24) is 4.98 Å². The van der Waals surface area contributed by atoms with Crippen LogP contribution in [0.5, 0.6) is 0 Å². The molecule has 0 N–H and O–H groups in total. The minimum Gasteiger partial charge on any atom is -0.432 e. The van der Waals surface area contributed by atoms with E-state index in [9.17, 15) is 9.59 Å². The Morgan fingerprint density at radius 1 is 1.23 bits per heavy atom. The Bertz CT molecular complexity index is 783. The van der Waals surface area contributed by atoms with Crippen molar-refractivity contribution in [1.29, 1.82) is 0 Å². The number of oxazole rings is 1. The number of hydrogen-bond acceptors (Lipinski definition) is 4. The molecule has 0 fully saturated rings. The summed E-state index contributed by atoms with van der Waals surface area (Å²) in [6.45, 7) is -0.191. The smallest absolute Gasteiger partial charge is 0.304 e. The van der Waals surface area contributed by atoms with Gasteiger partial charge in [-0.1, -0.05) is 36.3 Å². The van der Waals surface area contributed by atoms with Crippen molar-refractivity contribution < 1.29 is 14.0 Å². The van der Waals surface area contributed by atoms with Crippen LogP contribution in [0, 0.1) is 11.8 Å². The molecule has 22 heavy (non-hydrogen) atoms. The molecular weight excluding hydrogens is 282 g/mol. The SMILES string of the molecule is O=C1CN(c2ncco2)C(=O)C(C#CCc2ccccc2)=N1. The summed E-state index contributed by atoms with van der Waals surface area (Å²) in [5.74, 6) is 4.58. The van der Waals surface area contributed by atoms with E-state index in [0.29, 0.717) is 6.42 Å². The molecule has 0 saturated carbocycles. The molecule has 2 heterocycles. The highest BCUT2D eigenvalue weighted by molar-refractivity contribution is 6.52. The zero-order valence-electron chi connectivity index (χ0n) is 11.5. The van der Waals surface area contributed by atoms with E-state index in [1.807, 2.05) is 30.3 Å². The zero-order chi connectivity index (χ0) is 15.4. The summed E-state index contributed by atoms with van der Waals surface area (Å²) in [4.78, 5) is 32.6. The van der Waals surface area contributed by atoms with Gasteiger partial charge in [-0.3, -0.25) is 14.5 Å². The Kier molecular flexibility index (Phi) is 3.79. The normalized spacial score (nSPS) is 14.4. The van der Waals surface area contributed by atoms with Crippen molar-refractivity contribution in [2.24, 2.45) is 4.99 Å². The van der Waals surface area contributed by atoms with Gasteiger partial charge >= 0.3 is 6.01 Å². The van der Waals surface area contributed by atoms with Gasteiger partial charge in [0.15, 0.2) is 5.71 Å². The van der Waals surface area contributed by atoms with Crippen LogP contribution in [-0.4, -0.2) is 29.1 Å². The molecule has 6 nitrogen and oxygen atoms in total. The second-order valence-electron chi connectivity index (χ2n) is 4.52. The van der Waals surface area contributed by atoms with Gasteiger partial charge in [-0.05, 0) is 11.5 Å². The third-order valence-electron chi connectivity index (χ3n) is 2.97. The number of anilines is 1. The Balaban J connectivity index is 1.78. The first-order valence-corrected chi connectivity index (χ1v) is 6.60. The molecule has 0 spiro atoms. The van der Waals surface area contributed by atoms with E-state index >= 15 is 0 Å². The van der Waals surface area contributed by atoms with Crippen LogP contribution in [-0.2, 0) is 16.0 Å². The fraction of sp³-hybridized carbons (Fsp3) is 0.125. The van der Waals surface area contributed by atoms with Gasteiger partial charge in [-0.2, -0.15) is 4.99 Å². The van der Waals surface area contributed by atoms with Gasteiger partial charge in [0.2, 0.25) is 0 Å². The van der Waals surface area contributed by atoms with Gasteiger partial charge in [-0.25, -0.2) is 4.98 Å². The quantitative estimate of drug-likeness (QED) is 0.781. The first-order chi connectivity index (χ1) is 10.7. The molecule has 2 amide bonds. The topological polar surface area (TPSA) is 75.8 Å². The highest BCUT2D eigenvalue weighted by Crippen LogP contribution is 2.13. The van der Waals surface area contributed by atoms with E-state index in [0.717, 1.165) is 10.5 Å². The molecule has 2 aromatic rings. The van der Waals surface area contributed by atoms with Crippen LogP contribution in [0.2, 0.25) is 0 Å². The van der Waals surface area contributed by atoms with E-state index in [1.165, 1.54) is 12.5 Å². The molecule has 1 aliphatic heterocycles. The Morgan fingerprint density at radius 3 is 2.77 bits per heavy atom. The molecule has 0 saturated heterocycles. The Hall–Kier alpha value is -3.20. The minimum atomic E-state index is -0.484. The summed E-state index contributed by atoms with van der Waals surface area (Å²) in [7, 11) is 0. The van der Waals surface area contributed by atoms with Gasteiger partial charge in [-0.15, -0.1) is 0 Å². The summed E-state index contributed by atoms with van der Waals surface area (Å²) in [5.41, 5.74) is 0.931. The maximum absolute atomic E-state index is 12.3. The van der Waals surface area contributed by atoms with Crippen LogP contribution < -0.4 is 4.90 Å². The molecule has 3 rings (SSSR count). The lowest BCUT2D eigenvalue weighted by molar-refractivity contribution is -0.120. The monoisotopic (exact) mass is 293 g/mol. The summed E-state index contributed by atoms with van der Waals surface area (Å²) >= 11 is 0. The van der Waals surface area contributed by atoms with E-state index in [1.54, 1.807) is 0 Å². The summed E-state index contributed by atoms with van der Waals surface area (Å²) < 4.78 is 5.05. The zero-order valence-corrected chi connectivity index (χ0v) is 11.5. The lowest BCUT2D eigenvalue weighted by atomic mass is 10.1. The average molecular weight is 293 g/mol. The van der Waals surface area contributed by atoms with Crippen molar-refractivity contribution >= 4 is 23.5 Å². The average Bonchev–Trinajstić information content (AvgIpc) is 3.05. The fourth-order valence-electron chi connectivity index (χ4n) is 1.95. The maximum Gasteiger partial charge on any atom is 0.304 e. The lowest BCUT2D eigenvalue weighted by Crippen LogP contribution is -2.44. The van der Waals surface area contributed by atoms with Gasteiger partial charge in [0, 0.05) is 6.42 Å². The van der Waals surface area contributed by atoms with E-state index in [2.05, 4.69) is 21.8 Å². The van der Waals surface area contributed by atoms with Gasteiger partial charge < -0.3 is 4.42 Å². The molecular formula is C16H11N3O3. The molecule has 0 atom stereocenters. The number of aliphatic imine (C=N–C) groups is 1. The van der Waals surface area contributed by atoms with Gasteiger partial charge in [0.25, 0.3) is 11.8 Å². The number of aromatic nitrogens is 1. The van der Waals surface area contributed by atoms with Crippen molar-refractivity contribution in [3.63, 3.8) is 0 Å². The van der Waals surface area contributed by atoms with E-state index in [4.69, 9.17) is 4.42 Å². The van der Waals surface area contributed by atoms with Crippen molar-refractivity contribution in [2.75, 3.05) is 11.4 Å².